The molecule has 0 aromatic rings. The molecule has 2 amide bonds. The number of hydrogen-bond donors (Lipinski definition) is 2. The van der Waals surface area contributed by atoms with Crippen LogP contribution in [0, 0.1) is 11.8 Å². The molecule has 4 rings (SSSR count). The van der Waals surface area contributed by atoms with Crippen LogP contribution in [0.3, 0.4) is 0 Å². The summed E-state index contributed by atoms with van der Waals surface area (Å²) in [4.78, 5) is 29.6. The van der Waals surface area contributed by atoms with Crippen LogP contribution in [0.15, 0.2) is 0 Å². The minimum atomic E-state index is -0.780. The van der Waals surface area contributed by atoms with E-state index >= 15 is 0 Å². The van der Waals surface area contributed by atoms with E-state index in [4.69, 9.17) is 4.74 Å². The molecule has 0 radical (unpaired) electrons. The molecular weight excluding hydrogens is 423 g/mol. The summed E-state index contributed by atoms with van der Waals surface area (Å²) < 4.78 is 19.6. The molecule has 7 nitrogen and oxygen atoms in total. The molecule has 8 heteroatoms. The summed E-state index contributed by atoms with van der Waals surface area (Å²) in [5, 5.41) is 6.77. The van der Waals surface area contributed by atoms with E-state index in [1.165, 1.54) is 0 Å². The van der Waals surface area contributed by atoms with Crippen molar-refractivity contribution in [3.8, 4) is 0 Å². The molecule has 188 valence electrons. The van der Waals surface area contributed by atoms with E-state index in [0.29, 0.717) is 38.0 Å². The van der Waals surface area contributed by atoms with Gasteiger partial charge in [0.25, 0.3) is 0 Å². The second-order valence-electron chi connectivity index (χ2n) is 10.9. The Morgan fingerprint density at radius 2 is 2.00 bits per heavy atom. The minimum Gasteiger partial charge on any atom is -0.383 e. The number of halogens is 1. The van der Waals surface area contributed by atoms with Crippen molar-refractivity contribution in [3.63, 3.8) is 0 Å². The van der Waals surface area contributed by atoms with E-state index in [9.17, 15) is 14.0 Å². The van der Waals surface area contributed by atoms with Crippen LogP contribution in [0.4, 0.5) is 4.39 Å². The van der Waals surface area contributed by atoms with Gasteiger partial charge in [0.1, 0.15) is 6.17 Å². The summed E-state index contributed by atoms with van der Waals surface area (Å²) in [5.41, 5.74) is 0. The Morgan fingerprint density at radius 3 is 2.73 bits per heavy atom. The van der Waals surface area contributed by atoms with Crippen molar-refractivity contribution in [2.75, 3.05) is 33.4 Å². The maximum absolute atomic E-state index is 14.4. The first-order valence-electron chi connectivity index (χ1n) is 13.1. The van der Waals surface area contributed by atoms with Gasteiger partial charge in [0.15, 0.2) is 0 Å². The average Bonchev–Trinajstić information content (AvgIpc) is 3.45. The number of likely N-dealkylation sites (tertiary alicyclic amines) is 1. The zero-order chi connectivity index (χ0) is 23.5. The standard InChI is InChI=1S/C25H43FN4O3/c1-16-7-8-22(26)21-14-23(28-24(16)21)25(32)27-18-5-4-6-19(13-18)29-10-9-20(15-29)30(17(2)31)11-12-33-3/h16,18-24,28H,4-15H2,1-3H3,(H,27,32)/t16?,18-,19-,20?,21?,22?,23?,24?/m1/s1. The summed E-state index contributed by atoms with van der Waals surface area (Å²) >= 11 is 0. The molecule has 33 heavy (non-hydrogen) atoms. The molecule has 8 atom stereocenters. The van der Waals surface area contributed by atoms with Gasteiger partial charge in [0.2, 0.25) is 11.8 Å². The van der Waals surface area contributed by atoms with E-state index < -0.39 is 6.17 Å². The first-order valence-corrected chi connectivity index (χ1v) is 13.1. The number of fused-ring (bicyclic) bond motifs is 1. The number of nitrogens with one attached hydrogen (secondary N) is 2. The van der Waals surface area contributed by atoms with Crippen LogP contribution in [0.1, 0.15) is 65.2 Å². The lowest BCUT2D eigenvalue weighted by molar-refractivity contribution is -0.131. The molecule has 4 aliphatic rings. The van der Waals surface area contributed by atoms with Gasteiger partial charge < -0.3 is 20.3 Å². The fourth-order valence-corrected chi connectivity index (χ4v) is 6.87. The number of amides is 2. The topological polar surface area (TPSA) is 73.9 Å². The predicted molar refractivity (Wildman–Crippen MR) is 126 cm³/mol. The zero-order valence-corrected chi connectivity index (χ0v) is 20.6. The van der Waals surface area contributed by atoms with Gasteiger partial charge in [-0.2, -0.15) is 0 Å². The van der Waals surface area contributed by atoms with Gasteiger partial charge >= 0.3 is 0 Å². The maximum atomic E-state index is 14.4. The Labute approximate surface area is 198 Å². The van der Waals surface area contributed by atoms with Crippen LogP contribution >= 0.6 is 0 Å². The molecule has 4 fully saturated rings. The van der Waals surface area contributed by atoms with Crippen LogP contribution in [0.25, 0.3) is 0 Å². The maximum Gasteiger partial charge on any atom is 0.237 e. The Morgan fingerprint density at radius 1 is 1.18 bits per heavy atom. The van der Waals surface area contributed by atoms with Crippen molar-refractivity contribution >= 4 is 11.8 Å². The van der Waals surface area contributed by atoms with Crippen molar-refractivity contribution < 1.29 is 18.7 Å². The van der Waals surface area contributed by atoms with E-state index in [2.05, 4.69) is 22.5 Å². The van der Waals surface area contributed by atoms with Crippen LogP contribution < -0.4 is 10.6 Å². The molecule has 0 aromatic heterocycles. The molecule has 0 aromatic carbocycles. The second-order valence-corrected chi connectivity index (χ2v) is 10.9. The molecule has 2 aliphatic carbocycles. The highest BCUT2D eigenvalue weighted by atomic mass is 19.1. The summed E-state index contributed by atoms with van der Waals surface area (Å²) in [6.45, 7) is 6.92. The third kappa shape index (κ3) is 5.70. The Kier molecular flexibility index (Phi) is 8.28. The molecule has 2 saturated carbocycles. The highest BCUT2D eigenvalue weighted by Crippen LogP contribution is 2.38. The van der Waals surface area contributed by atoms with Gasteiger partial charge in [-0.1, -0.05) is 6.92 Å². The zero-order valence-electron chi connectivity index (χ0n) is 20.6. The lowest BCUT2D eigenvalue weighted by Gasteiger charge is -2.36. The molecule has 2 heterocycles. The quantitative estimate of drug-likeness (QED) is 0.601. The molecule has 6 unspecified atom stereocenters. The number of methoxy groups -OCH3 is 1. The van der Waals surface area contributed by atoms with Gasteiger partial charge in [-0.3, -0.25) is 14.5 Å². The van der Waals surface area contributed by atoms with Crippen LogP contribution in [0.2, 0.25) is 0 Å². The number of rotatable bonds is 7. The molecule has 0 bridgehead atoms. The summed E-state index contributed by atoms with van der Waals surface area (Å²) in [7, 11) is 1.67. The highest BCUT2D eigenvalue weighted by Gasteiger charge is 2.46. The normalized spacial score (nSPS) is 39.3. The van der Waals surface area contributed by atoms with E-state index in [1.54, 1.807) is 14.0 Å². The molecule has 2 aliphatic heterocycles. The third-order valence-corrected chi connectivity index (χ3v) is 8.74. The molecule has 2 saturated heterocycles. The monoisotopic (exact) mass is 466 g/mol. The Balaban J connectivity index is 1.28. The van der Waals surface area contributed by atoms with Crippen molar-refractivity contribution in [2.45, 2.75) is 102 Å². The number of alkyl halides is 1. The van der Waals surface area contributed by atoms with Gasteiger partial charge in [-0.05, 0) is 57.3 Å². The highest BCUT2D eigenvalue weighted by molar-refractivity contribution is 5.82. The smallest absolute Gasteiger partial charge is 0.237 e. The number of ether oxygens (including phenoxy) is 1. The van der Waals surface area contributed by atoms with Crippen LogP contribution in [-0.4, -0.2) is 91.3 Å². The third-order valence-electron chi connectivity index (χ3n) is 8.74. The summed E-state index contributed by atoms with van der Waals surface area (Å²) in [6.07, 6.45) is 6.57. The van der Waals surface area contributed by atoms with Gasteiger partial charge in [-0.15, -0.1) is 0 Å². The van der Waals surface area contributed by atoms with Crippen molar-refractivity contribution in [1.29, 1.82) is 0 Å². The Bertz CT molecular complexity index is 677. The van der Waals surface area contributed by atoms with Crippen molar-refractivity contribution in [3.05, 3.63) is 0 Å². The van der Waals surface area contributed by atoms with E-state index in [-0.39, 0.29) is 41.9 Å². The SMILES string of the molecule is COCCN(C(C)=O)C1CCN([C@@H]2CCC[C@@H](NC(=O)C3CC4C(F)CCC(C)C4N3)C2)C1. The van der Waals surface area contributed by atoms with E-state index in [1.807, 2.05) is 4.90 Å². The van der Waals surface area contributed by atoms with E-state index in [0.717, 1.165) is 51.6 Å². The molecule has 0 spiro atoms. The second kappa shape index (κ2) is 11.0. The fourth-order valence-electron chi connectivity index (χ4n) is 6.87. The van der Waals surface area contributed by atoms with Crippen LogP contribution in [-0.2, 0) is 14.3 Å². The molecular formula is C25H43FN4O3. The van der Waals surface area contributed by atoms with Gasteiger partial charge in [0, 0.05) is 63.8 Å². The number of hydrogen-bond acceptors (Lipinski definition) is 5. The number of nitrogens with zero attached hydrogens (tertiary/aromatic N) is 2. The van der Waals surface area contributed by atoms with Crippen molar-refractivity contribution in [1.82, 2.24) is 20.4 Å². The summed E-state index contributed by atoms with van der Waals surface area (Å²) in [5.74, 6) is 0.575. The first-order chi connectivity index (χ1) is 15.9. The first kappa shape index (κ1) is 24.9. The minimum absolute atomic E-state index is 0.0209. The van der Waals surface area contributed by atoms with Crippen LogP contribution in [0.5, 0.6) is 0 Å². The molecule has 2 N–H and O–H groups in total. The largest absolute Gasteiger partial charge is 0.383 e. The van der Waals surface area contributed by atoms with Gasteiger partial charge in [0.05, 0.1) is 12.6 Å². The van der Waals surface area contributed by atoms with Crippen molar-refractivity contribution in [2.24, 2.45) is 11.8 Å². The average molecular weight is 467 g/mol. The lowest BCUT2D eigenvalue weighted by Crippen LogP contribution is -2.51. The lowest BCUT2D eigenvalue weighted by atomic mass is 9.77. The fraction of sp³-hybridized carbons (Fsp3) is 0.920. The summed E-state index contributed by atoms with van der Waals surface area (Å²) in [6, 6.07) is 0.734. The predicted octanol–water partition coefficient (Wildman–Crippen LogP) is 2.10. The van der Waals surface area contributed by atoms with Gasteiger partial charge in [-0.25, -0.2) is 4.39 Å². The number of carbonyl (C=O) groups excluding carboxylic acids is 2. The Hall–Kier alpha value is -1.25. The number of carbonyl (C=O) groups is 2.